The lowest BCUT2D eigenvalue weighted by Crippen LogP contribution is -2.11. The van der Waals surface area contributed by atoms with Crippen LogP contribution >= 0.6 is 15.9 Å². The molecule has 2 atom stereocenters. The summed E-state index contributed by atoms with van der Waals surface area (Å²) in [7, 11) is 0. The highest BCUT2D eigenvalue weighted by Gasteiger charge is 2.25. The van der Waals surface area contributed by atoms with Crippen molar-refractivity contribution in [3.63, 3.8) is 0 Å². The third-order valence-electron chi connectivity index (χ3n) is 3.82. The van der Waals surface area contributed by atoms with E-state index in [0.717, 1.165) is 34.9 Å². The van der Waals surface area contributed by atoms with E-state index in [1.165, 1.54) is 0 Å². The molecule has 2 rings (SSSR count). The van der Waals surface area contributed by atoms with Gasteiger partial charge in [0.2, 0.25) is 0 Å². The predicted octanol–water partition coefficient (Wildman–Crippen LogP) is 3.55. The van der Waals surface area contributed by atoms with Gasteiger partial charge in [0.1, 0.15) is 5.78 Å². The first-order valence-electron chi connectivity index (χ1n) is 6.53. The van der Waals surface area contributed by atoms with Gasteiger partial charge >= 0.3 is 5.97 Å². The molecule has 0 bridgehead atoms. The summed E-state index contributed by atoms with van der Waals surface area (Å²) in [5.41, 5.74) is 1.86. The van der Waals surface area contributed by atoms with E-state index in [1.807, 2.05) is 18.2 Å². The molecular formula is C15H17BrO3. The van der Waals surface area contributed by atoms with Gasteiger partial charge in [-0.25, -0.2) is 0 Å². The molecule has 19 heavy (non-hydrogen) atoms. The van der Waals surface area contributed by atoms with E-state index in [0.29, 0.717) is 12.2 Å². The van der Waals surface area contributed by atoms with Gasteiger partial charge in [-0.05, 0) is 43.4 Å². The molecule has 1 aromatic rings. The van der Waals surface area contributed by atoms with Gasteiger partial charge in [0.25, 0.3) is 0 Å². The first-order valence-corrected chi connectivity index (χ1v) is 7.32. The number of Topliss-reactive ketones (excluding diaryl/α,β-unsaturated/α-hetero) is 1. The molecular weight excluding hydrogens is 308 g/mol. The summed E-state index contributed by atoms with van der Waals surface area (Å²) < 4.78 is 0.811. The summed E-state index contributed by atoms with van der Waals surface area (Å²) in [4.78, 5) is 22.6. The van der Waals surface area contributed by atoms with Gasteiger partial charge in [-0.3, -0.25) is 9.59 Å². The van der Waals surface area contributed by atoms with Crippen molar-refractivity contribution in [2.45, 2.75) is 38.5 Å². The van der Waals surface area contributed by atoms with Gasteiger partial charge in [-0.2, -0.15) is 0 Å². The number of halogens is 1. The van der Waals surface area contributed by atoms with E-state index >= 15 is 0 Å². The quantitative estimate of drug-likeness (QED) is 0.921. The van der Waals surface area contributed by atoms with Crippen LogP contribution in [0.25, 0.3) is 0 Å². The molecule has 0 radical (unpaired) electrons. The maximum atomic E-state index is 11.6. The van der Waals surface area contributed by atoms with E-state index in [4.69, 9.17) is 5.11 Å². The smallest absolute Gasteiger partial charge is 0.310 e. The SMILES string of the molecule is C[C@H](C(=O)O)c1ccc(C[C@H]2CCCC2=O)cc1Br. The molecule has 1 aliphatic carbocycles. The Balaban J connectivity index is 2.14. The van der Waals surface area contributed by atoms with Gasteiger partial charge in [-0.15, -0.1) is 0 Å². The minimum Gasteiger partial charge on any atom is -0.481 e. The highest BCUT2D eigenvalue weighted by atomic mass is 79.9. The van der Waals surface area contributed by atoms with Crippen LogP contribution in [-0.4, -0.2) is 16.9 Å². The summed E-state index contributed by atoms with van der Waals surface area (Å²) in [6.07, 6.45) is 3.45. The number of carboxylic acid groups (broad SMARTS) is 1. The Labute approximate surface area is 121 Å². The Hall–Kier alpha value is -1.16. The van der Waals surface area contributed by atoms with Crippen molar-refractivity contribution >= 4 is 27.7 Å². The Morgan fingerprint density at radius 2 is 2.26 bits per heavy atom. The molecule has 1 aromatic carbocycles. The number of carbonyl (C=O) groups excluding carboxylic acids is 1. The number of ketones is 1. The number of carbonyl (C=O) groups is 2. The minimum absolute atomic E-state index is 0.148. The summed E-state index contributed by atoms with van der Waals surface area (Å²) in [6.45, 7) is 1.67. The molecule has 3 nitrogen and oxygen atoms in total. The number of hydrogen-bond acceptors (Lipinski definition) is 2. The van der Waals surface area contributed by atoms with E-state index in [2.05, 4.69) is 15.9 Å². The molecule has 0 unspecified atom stereocenters. The maximum absolute atomic E-state index is 11.6. The van der Waals surface area contributed by atoms with Crippen LogP contribution < -0.4 is 0 Å². The summed E-state index contributed by atoms with van der Waals surface area (Å²) in [5.74, 6) is -0.857. The normalized spacial score (nSPS) is 20.5. The number of rotatable bonds is 4. The lowest BCUT2D eigenvalue weighted by molar-refractivity contribution is -0.138. The van der Waals surface area contributed by atoms with E-state index in [1.54, 1.807) is 6.92 Å². The summed E-state index contributed by atoms with van der Waals surface area (Å²) in [5, 5.41) is 9.03. The maximum Gasteiger partial charge on any atom is 0.310 e. The second kappa shape index (κ2) is 5.87. The minimum atomic E-state index is -0.834. The monoisotopic (exact) mass is 324 g/mol. The lowest BCUT2D eigenvalue weighted by Gasteiger charge is -2.13. The molecule has 0 saturated heterocycles. The Morgan fingerprint density at radius 1 is 1.53 bits per heavy atom. The molecule has 0 amide bonds. The average Bonchev–Trinajstić information content (AvgIpc) is 2.74. The molecule has 1 aliphatic rings. The predicted molar refractivity (Wildman–Crippen MR) is 76.2 cm³/mol. The number of hydrogen-bond donors (Lipinski definition) is 1. The largest absolute Gasteiger partial charge is 0.481 e. The van der Waals surface area contributed by atoms with Gasteiger partial charge in [0.15, 0.2) is 0 Å². The fourth-order valence-electron chi connectivity index (χ4n) is 2.57. The van der Waals surface area contributed by atoms with Crippen LogP contribution in [0.2, 0.25) is 0 Å². The van der Waals surface area contributed by atoms with Crippen LogP contribution in [0, 0.1) is 5.92 Å². The topological polar surface area (TPSA) is 54.4 Å². The van der Waals surface area contributed by atoms with Crippen LogP contribution in [0.3, 0.4) is 0 Å². The molecule has 1 saturated carbocycles. The average molecular weight is 325 g/mol. The number of benzene rings is 1. The van der Waals surface area contributed by atoms with Crippen LogP contribution in [0.5, 0.6) is 0 Å². The molecule has 1 fully saturated rings. The van der Waals surface area contributed by atoms with Gasteiger partial charge in [-0.1, -0.05) is 28.1 Å². The highest BCUT2D eigenvalue weighted by molar-refractivity contribution is 9.10. The lowest BCUT2D eigenvalue weighted by atomic mass is 9.94. The van der Waals surface area contributed by atoms with Crippen LogP contribution in [0.4, 0.5) is 0 Å². The van der Waals surface area contributed by atoms with Crippen LogP contribution in [0.15, 0.2) is 22.7 Å². The number of carboxylic acids is 1. The fourth-order valence-corrected chi connectivity index (χ4v) is 3.34. The van der Waals surface area contributed by atoms with Gasteiger partial charge in [0, 0.05) is 16.8 Å². The van der Waals surface area contributed by atoms with E-state index in [9.17, 15) is 9.59 Å². The fraction of sp³-hybridized carbons (Fsp3) is 0.467. The Kier molecular flexibility index (Phi) is 4.40. The van der Waals surface area contributed by atoms with Crippen molar-refractivity contribution in [2.75, 3.05) is 0 Å². The first kappa shape index (κ1) is 14.3. The van der Waals surface area contributed by atoms with Crippen molar-refractivity contribution in [2.24, 2.45) is 5.92 Å². The molecule has 0 aliphatic heterocycles. The second-order valence-electron chi connectivity index (χ2n) is 5.18. The third kappa shape index (κ3) is 3.24. The van der Waals surface area contributed by atoms with Crippen LogP contribution in [-0.2, 0) is 16.0 Å². The van der Waals surface area contributed by atoms with Crippen molar-refractivity contribution in [3.8, 4) is 0 Å². The van der Waals surface area contributed by atoms with Crippen molar-refractivity contribution < 1.29 is 14.7 Å². The molecule has 102 valence electrons. The summed E-state index contributed by atoms with van der Waals surface area (Å²) in [6, 6.07) is 5.73. The van der Waals surface area contributed by atoms with Gasteiger partial charge < -0.3 is 5.11 Å². The van der Waals surface area contributed by atoms with E-state index < -0.39 is 11.9 Å². The van der Waals surface area contributed by atoms with Crippen molar-refractivity contribution in [3.05, 3.63) is 33.8 Å². The molecule has 0 heterocycles. The standard InChI is InChI=1S/C15H17BrO3/c1-9(15(18)19)12-6-5-10(8-13(12)16)7-11-3-2-4-14(11)17/h5-6,8-9,11H,2-4,7H2,1H3,(H,18,19)/t9-,11+/m0/s1. The molecule has 0 aromatic heterocycles. The van der Waals surface area contributed by atoms with E-state index in [-0.39, 0.29) is 5.92 Å². The van der Waals surface area contributed by atoms with Crippen LogP contribution in [0.1, 0.15) is 43.2 Å². The van der Waals surface area contributed by atoms with Crippen molar-refractivity contribution in [1.29, 1.82) is 0 Å². The van der Waals surface area contributed by atoms with Gasteiger partial charge in [0.05, 0.1) is 5.92 Å². The molecule has 1 N–H and O–H groups in total. The Morgan fingerprint density at radius 3 is 2.79 bits per heavy atom. The Bertz CT molecular complexity index is 510. The zero-order valence-corrected chi connectivity index (χ0v) is 12.4. The highest BCUT2D eigenvalue weighted by Crippen LogP contribution is 2.29. The number of aliphatic carboxylic acids is 1. The zero-order chi connectivity index (χ0) is 14.0. The summed E-state index contributed by atoms with van der Waals surface area (Å²) >= 11 is 3.43. The van der Waals surface area contributed by atoms with Crippen molar-refractivity contribution in [1.82, 2.24) is 0 Å². The molecule has 0 spiro atoms. The third-order valence-corrected chi connectivity index (χ3v) is 4.50. The second-order valence-corrected chi connectivity index (χ2v) is 6.03. The zero-order valence-electron chi connectivity index (χ0n) is 10.9. The first-order chi connectivity index (χ1) is 8.99. The molecule has 4 heteroatoms.